The monoisotopic (exact) mass is 670 g/mol. The van der Waals surface area contributed by atoms with Crippen molar-refractivity contribution in [2.75, 3.05) is 32.8 Å². The molecule has 15 nitrogen and oxygen atoms in total. The number of unbranched alkanes of at least 4 members (excludes halogenated alkanes) is 1. The molecule has 0 saturated carbocycles. The van der Waals surface area contributed by atoms with Gasteiger partial charge in [-0.15, -0.1) is 0 Å². The van der Waals surface area contributed by atoms with E-state index in [1.807, 2.05) is 0 Å². The zero-order valence-electron chi connectivity index (χ0n) is 28.3. The van der Waals surface area contributed by atoms with Crippen LogP contribution < -0.4 is 42.0 Å². The SMILES string of the molecule is CCCCOc1ccc(C[C@H]2NC(=O)C(C(C)C)NC(=O)C(CCCNC3=NCCN3)NC(=O)CNC(=O)[C@@H](CC(C)=O)NC2=O)cc1. The van der Waals surface area contributed by atoms with Crippen LogP contribution in [-0.4, -0.2) is 98.2 Å². The van der Waals surface area contributed by atoms with Gasteiger partial charge in [-0.1, -0.05) is 39.3 Å². The van der Waals surface area contributed by atoms with Gasteiger partial charge in [-0.3, -0.25) is 33.8 Å². The number of carbonyl (C=O) groups excluding carboxylic acids is 6. The highest BCUT2D eigenvalue weighted by Crippen LogP contribution is 2.15. The van der Waals surface area contributed by atoms with Crippen molar-refractivity contribution in [2.24, 2.45) is 10.9 Å². The average Bonchev–Trinajstić information content (AvgIpc) is 3.56. The van der Waals surface area contributed by atoms with Crippen LogP contribution in [0.4, 0.5) is 0 Å². The molecule has 1 aromatic rings. The van der Waals surface area contributed by atoms with E-state index in [1.54, 1.807) is 38.1 Å². The third kappa shape index (κ3) is 12.5. The van der Waals surface area contributed by atoms with Crippen molar-refractivity contribution >= 4 is 41.3 Å². The van der Waals surface area contributed by atoms with Gasteiger partial charge in [0.1, 0.15) is 35.7 Å². The summed E-state index contributed by atoms with van der Waals surface area (Å²) >= 11 is 0. The summed E-state index contributed by atoms with van der Waals surface area (Å²) < 4.78 is 5.73. The van der Waals surface area contributed by atoms with E-state index in [1.165, 1.54) is 6.92 Å². The summed E-state index contributed by atoms with van der Waals surface area (Å²) in [6.07, 6.45) is 2.34. The normalized spacial score (nSPS) is 22.5. The Labute approximate surface area is 281 Å². The Morgan fingerprint density at radius 3 is 2.25 bits per heavy atom. The van der Waals surface area contributed by atoms with E-state index in [0.29, 0.717) is 43.4 Å². The van der Waals surface area contributed by atoms with Crippen LogP contribution in [0.1, 0.15) is 65.4 Å². The average molecular weight is 671 g/mol. The van der Waals surface area contributed by atoms with E-state index >= 15 is 0 Å². The fourth-order valence-corrected chi connectivity index (χ4v) is 5.15. The van der Waals surface area contributed by atoms with Crippen molar-refractivity contribution in [3.63, 3.8) is 0 Å². The topological polar surface area (TPSA) is 208 Å². The second-order valence-electron chi connectivity index (χ2n) is 12.4. The number of benzene rings is 1. The van der Waals surface area contributed by atoms with Gasteiger partial charge in [-0.05, 0) is 49.8 Å². The number of rotatable bonds is 13. The van der Waals surface area contributed by atoms with Gasteiger partial charge in [-0.25, -0.2) is 0 Å². The predicted octanol–water partition coefficient (Wildman–Crippen LogP) is -0.559. The summed E-state index contributed by atoms with van der Waals surface area (Å²) in [5.41, 5.74) is 0.705. The van der Waals surface area contributed by atoms with Crippen molar-refractivity contribution in [1.29, 1.82) is 0 Å². The minimum absolute atomic E-state index is 0.0514. The van der Waals surface area contributed by atoms with E-state index in [2.05, 4.69) is 49.1 Å². The van der Waals surface area contributed by atoms with Crippen LogP contribution in [-0.2, 0) is 35.2 Å². The number of ether oxygens (including phenoxy) is 1. The van der Waals surface area contributed by atoms with E-state index in [9.17, 15) is 28.8 Å². The van der Waals surface area contributed by atoms with Crippen LogP contribution in [0.15, 0.2) is 29.3 Å². The van der Waals surface area contributed by atoms with Crippen molar-refractivity contribution in [3.8, 4) is 5.75 Å². The van der Waals surface area contributed by atoms with Gasteiger partial charge >= 0.3 is 0 Å². The molecular weight excluding hydrogens is 620 g/mol. The smallest absolute Gasteiger partial charge is 0.243 e. The van der Waals surface area contributed by atoms with Gasteiger partial charge in [0.05, 0.1) is 19.7 Å². The standard InChI is InChI=1S/C33H50N8O7/c1-5-6-16-48-23-11-9-22(10-12-23)18-26-31(46)39-25(17-21(4)42)29(44)37-19-27(43)38-24(8-7-13-34-33-35-14-15-36-33)30(45)41-28(20(2)3)32(47)40-26/h9-12,20,24-26,28H,5-8,13-19H2,1-4H3,(H,37,44)(H,38,43)(H,39,46)(H,40,47)(H,41,45)(H2,34,35,36)/t24?,25-,26-,28?/m1/s1. The lowest BCUT2D eigenvalue weighted by Gasteiger charge is -2.27. The van der Waals surface area contributed by atoms with Crippen LogP contribution in [0.5, 0.6) is 5.75 Å². The molecule has 264 valence electrons. The first-order chi connectivity index (χ1) is 23.0. The van der Waals surface area contributed by atoms with Crippen LogP contribution in [0.3, 0.4) is 0 Å². The third-order valence-electron chi connectivity index (χ3n) is 7.85. The fraction of sp³-hybridized carbons (Fsp3) is 0.606. The molecule has 0 bridgehead atoms. The molecule has 0 spiro atoms. The molecule has 7 N–H and O–H groups in total. The number of carbonyl (C=O) groups is 6. The first-order valence-electron chi connectivity index (χ1n) is 16.7. The van der Waals surface area contributed by atoms with E-state index in [0.717, 1.165) is 19.4 Å². The molecule has 4 atom stereocenters. The minimum Gasteiger partial charge on any atom is -0.494 e. The molecule has 3 rings (SSSR count). The predicted molar refractivity (Wildman–Crippen MR) is 179 cm³/mol. The molecule has 15 heteroatoms. The highest BCUT2D eigenvalue weighted by molar-refractivity contribution is 5.98. The van der Waals surface area contributed by atoms with Crippen LogP contribution in [0.25, 0.3) is 0 Å². The van der Waals surface area contributed by atoms with Crippen molar-refractivity contribution in [1.82, 2.24) is 37.2 Å². The van der Waals surface area contributed by atoms with E-state index in [-0.39, 0.29) is 31.0 Å². The maximum absolute atomic E-state index is 13.7. The molecule has 1 aromatic carbocycles. The maximum atomic E-state index is 13.7. The Morgan fingerprint density at radius 2 is 1.60 bits per heavy atom. The Kier molecular flexibility index (Phi) is 15.1. The van der Waals surface area contributed by atoms with Crippen molar-refractivity contribution in [3.05, 3.63) is 29.8 Å². The zero-order valence-corrected chi connectivity index (χ0v) is 28.3. The summed E-state index contributed by atoms with van der Waals surface area (Å²) in [7, 11) is 0. The molecule has 0 aromatic heterocycles. The molecule has 5 amide bonds. The number of Topliss-reactive ketones (excluding diaryl/α,β-unsaturated/α-hetero) is 1. The maximum Gasteiger partial charge on any atom is 0.243 e. The number of amides is 5. The van der Waals surface area contributed by atoms with Crippen molar-refractivity contribution < 1.29 is 33.5 Å². The summed E-state index contributed by atoms with van der Waals surface area (Å²) in [4.78, 5) is 83.2. The summed E-state index contributed by atoms with van der Waals surface area (Å²) in [6.45, 7) is 8.82. The molecule has 0 aliphatic carbocycles. The summed E-state index contributed by atoms with van der Waals surface area (Å²) in [5.74, 6) is -2.71. The molecule has 1 saturated heterocycles. The molecule has 1 fully saturated rings. The van der Waals surface area contributed by atoms with Crippen LogP contribution in [0.2, 0.25) is 0 Å². The highest BCUT2D eigenvalue weighted by Gasteiger charge is 2.34. The number of aliphatic imine (C=N–C) groups is 1. The molecule has 2 unspecified atom stereocenters. The lowest BCUT2D eigenvalue weighted by atomic mass is 9.99. The Morgan fingerprint density at radius 1 is 0.896 bits per heavy atom. The number of hydrogen-bond donors (Lipinski definition) is 7. The minimum atomic E-state index is -1.30. The summed E-state index contributed by atoms with van der Waals surface area (Å²) in [5, 5.41) is 19.5. The largest absolute Gasteiger partial charge is 0.494 e. The number of nitrogens with one attached hydrogen (secondary N) is 7. The van der Waals surface area contributed by atoms with Gasteiger partial charge in [0.15, 0.2) is 5.96 Å². The second kappa shape index (κ2) is 19.2. The second-order valence-corrected chi connectivity index (χ2v) is 12.4. The number of nitrogens with zero attached hydrogens (tertiary/aromatic N) is 1. The molecule has 0 radical (unpaired) electrons. The van der Waals surface area contributed by atoms with Gasteiger partial charge in [0, 0.05) is 25.9 Å². The van der Waals surface area contributed by atoms with Crippen LogP contribution in [0, 0.1) is 5.92 Å². The van der Waals surface area contributed by atoms with Gasteiger partial charge < -0.3 is 42.0 Å². The Balaban J connectivity index is 1.85. The fourth-order valence-electron chi connectivity index (χ4n) is 5.15. The Hall–Kier alpha value is -4.69. The molecule has 2 aliphatic rings. The lowest BCUT2D eigenvalue weighted by Crippen LogP contribution is -2.59. The third-order valence-corrected chi connectivity index (χ3v) is 7.85. The van der Waals surface area contributed by atoms with E-state index in [4.69, 9.17) is 4.74 Å². The molecule has 48 heavy (non-hydrogen) atoms. The quantitative estimate of drug-likeness (QED) is 0.134. The van der Waals surface area contributed by atoms with Gasteiger partial charge in [-0.2, -0.15) is 0 Å². The number of guanidine groups is 1. The summed E-state index contributed by atoms with van der Waals surface area (Å²) in [6, 6.07) is 2.59. The molecular formula is C33H50N8O7. The first kappa shape index (κ1) is 37.8. The molecule has 2 aliphatic heterocycles. The zero-order chi connectivity index (χ0) is 35.1. The van der Waals surface area contributed by atoms with Crippen LogP contribution >= 0.6 is 0 Å². The lowest BCUT2D eigenvalue weighted by molar-refractivity contribution is -0.135. The number of hydrogen-bond acceptors (Lipinski definition) is 10. The van der Waals surface area contributed by atoms with Gasteiger partial charge in [0.2, 0.25) is 29.5 Å². The van der Waals surface area contributed by atoms with Crippen molar-refractivity contribution in [2.45, 2.75) is 90.4 Å². The van der Waals surface area contributed by atoms with Gasteiger partial charge in [0.25, 0.3) is 0 Å². The number of ketones is 1. The first-order valence-corrected chi connectivity index (χ1v) is 16.7. The molecule has 2 heterocycles. The Bertz CT molecular complexity index is 1320. The highest BCUT2D eigenvalue weighted by atomic mass is 16.5. The van der Waals surface area contributed by atoms with E-state index < -0.39 is 60.2 Å².